The van der Waals surface area contributed by atoms with Gasteiger partial charge in [-0.05, 0) is 65.8 Å². The predicted octanol–water partition coefficient (Wildman–Crippen LogP) is 6.40. The quantitative estimate of drug-likeness (QED) is 0.303. The molecule has 0 aromatic heterocycles. The van der Waals surface area contributed by atoms with Gasteiger partial charge in [0.15, 0.2) is 0 Å². The standard InChI is InChI=1S/C24H30N4O8S/c1-23(2,3)35-21(29)25(7)19-13-15(9-11-17(19)27(31)32)37-16-10-12-18(28(33)34)20(14-16)26(8)22(30)36-24(4,5)6/h9-14H,1-8H3. The summed E-state index contributed by atoms with van der Waals surface area (Å²) in [5, 5.41) is 23.2. The van der Waals surface area contributed by atoms with Crippen LogP contribution in [0.25, 0.3) is 0 Å². The van der Waals surface area contributed by atoms with Gasteiger partial charge in [-0.3, -0.25) is 30.0 Å². The maximum atomic E-state index is 12.5. The van der Waals surface area contributed by atoms with Crippen molar-refractivity contribution >= 4 is 46.7 Å². The third-order valence-corrected chi connectivity index (χ3v) is 5.56. The minimum atomic E-state index is -0.804. The Bertz CT molecular complexity index is 1130. The highest BCUT2D eigenvalue weighted by Crippen LogP contribution is 2.39. The zero-order valence-corrected chi connectivity index (χ0v) is 22.7. The van der Waals surface area contributed by atoms with Gasteiger partial charge in [0.25, 0.3) is 11.4 Å². The molecule has 37 heavy (non-hydrogen) atoms. The number of nitrogens with zero attached hydrogens (tertiary/aromatic N) is 4. The Hall–Kier alpha value is -3.87. The fourth-order valence-corrected chi connectivity index (χ4v) is 3.86. The van der Waals surface area contributed by atoms with Crippen LogP contribution in [0.1, 0.15) is 41.5 Å². The molecule has 0 N–H and O–H groups in total. The number of amides is 2. The number of rotatable bonds is 6. The smallest absolute Gasteiger partial charge is 0.414 e. The fraction of sp³-hybridized carbons (Fsp3) is 0.417. The molecule has 0 fully saturated rings. The zero-order chi connectivity index (χ0) is 28.3. The molecule has 0 bridgehead atoms. The van der Waals surface area contributed by atoms with Crippen LogP contribution in [0.15, 0.2) is 46.2 Å². The van der Waals surface area contributed by atoms with Gasteiger partial charge in [-0.1, -0.05) is 11.8 Å². The Morgan fingerprint density at radius 2 is 1.05 bits per heavy atom. The average molecular weight is 535 g/mol. The lowest BCUT2D eigenvalue weighted by Crippen LogP contribution is -2.34. The van der Waals surface area contributed by atoms with Crippen LogP contribution in [0.4, 0.5) is 32.3 Å². The van der Waals surface area contributed by atoms with Crippen LogP contribution in [0.2, 0.25) is 0 Å². The molecule has 12 nitrogen and oxygen atoms in total. The zero-order valence-electron chi connectivity index (χ0n) is 21.9. The number of hydrogen-bond acceptors (Lipinski definition) is 9. The second-order valence-corrected chi connectivity index (χ2v) is 11.1. The van der Waals surface area contributed by atoms with Crippen LogP contribution in [-0.2, 0) is 9.47 Å². The molecule has 0 saturated carbocycles. The summed E-state index contributed by atoms with van der Waals surface area (Å²) in [6.45, 7) is 10.1. The molecular weight excluding hydrogens is 504 g/mol. The Balaban J connectivity index is 2.46. The van der Waals surface area contributed by atoms with Gasteiger partial charge < -0.3 is 9.47 Å². The van der Waals surface area contributed by atoms with Crippen LogP contribution in [-0.4, -0.2) is 47.3 Å². The van der Waals surface area contributed by atoms with Crippen LogP contribution in [0, 0.1) is 20.2 Å². The first kappa shape index (κ1) is 29.4. The summed E-state index contributed by atoms with van der Waals surface area (Å²) in [5.74, 6) is 0. The molecule has 0 aliphatic rings. The lowest BCUT2D eigenvalue weighted by Gasteiger charge is -2.25. The van der Waals surface area contributed by atoms with Crippen molar-refractivity contribution in [3.8, 4) is 0 Å². The van der Waals surface area contributed by atoms with Gasteiger partial charge >= 0.3 is 12.2 Å². The molecule has 2 rings (SSSR count). The van der Waals surface area contributed by atoms with E-state index in [9.17, 15) is 29.8 Å². The minimum Gasteiger partial charge on any atom is -0.443 e. The van der Waals surface area contributed by atoms with E-state index in [1.807, 2.05) is 0 Å². The number of benzene rings is 2. The van der Waals surface area contributed by atoms with E-state index >= 15 is 0 Å². The topological polar surface area (TPSA) is 145 Å². The first-order valence-corrected chi connectivity index (χ1v) is 11.9. The van der Waals surface area contributed by atoms with Gasteiger partial charge in [0.1, 0.15) is 22.6 Å². The monoisotopic (exact) mass is 534 g/mol. The van der Waals surface area contributed by atoms with Crippen LogP contribution in [0.5, 0.6) is 0 Å². The Morgan fingerprint density at radius 1 is 0.730 bits per heavy atom. The highest BCUT2D eigenvalue weighted by Gasteiger charge is 2.28. The number of ether oxygens (including phenoxy) is 2. The molecule has 0 unspecified atom stereocenters. The maximum Gasteiger partial charge on any atom is 0.414 e. The Kier molecular flexibility index (Phi) is 8.75. The first-order chi connectivity index (χ1) is 16.9. The van der Waals surface area contributed by atoms with Crippen LogP contribution >= 0.6 is 11.8 Å². The summed E-state index contributed by atoms with van der Waals surface area (Å²) in [5.41, 5.74) is -2.18. The van der Waals surface area contributed by atoms with E-state index in [-0.39, 0.29) is 22.7 Å². The summed E-state index contributed by atoms with van der Waals surface area (Å²) >= 11 is 1.14. The molecule has 0 aliphatic carbocycles. The molecular formula is C24H30N4O8S. The molecule has 13 heteroatoms. The fourth-order valence-electron chi connectivity index (χ4n) is 2.97. The summed E-state index contributed by atoms with van der Waals surface area (Å²) < 4.78 is 10.7. The van der Waals surface area contributed by atoms with Crippen molar-refractivity contribution in [2.45, 2.75) is 62.5 Å². The second-order valence-electron chi connectivity index (χ2n) is 10.00. The van der Waals surface area contributed by atoms with E-state index < -0.39 is 33.2 Å². The van der Waals surface area contributed by atoms with E-state index in [4.69, 9.17) is 9.47 Å². The molecule has 2 amide bonds. The van der Waals surface area contributed by atoms with Crippen molar-refractivity contribution in [1.29, 1.82) is 0 Å². The van der Waals surface area contributed by atoms with Crippen molar-refractivity contribution in [2.75, 3.05) is 23.9 Å². The van der Waals surface area contributed by atoms with E-state index in [1.54, 1.807) is 41.5 Å². The number of nitro groups is 2. The van der Waals surface area contributed by atoms with Gasteiger partial charge in [-0.2, -0.15) is 0 Å². The third-order valence-electron chi connectivity index (χ3n) is 4.58. The van der Waals surface area contributed by atoms with Gasteiger partial charge in [0.05, 0.1) is 9.85 Å². The van der Waals surface area contributed by atoms with Crippen LogP contribution < -0.4 is 9.80 Å². The molecule has 2 aromatic carbocycles. The van der Waals surface area contributed by atoms with Gasteiger partial charge in [-0.25, -0.2) is 9.59 Å². The summed E-state index contributed by atoms with van der Waals surface area (Å²) in [6.07, 6.45) is -1.54. The number of nitro benzene ring substituents is 2. The second kappa shape index (κ2) is 11.0. The average Bonchev–Trinajstić information content (AvgIpc) is 2.75. The minimum absolute atomic E-state index is 0.0114. The van der Waals surface area contributed by atoms with Crippen molar-refractivity contribution in [3.05, 3.63) is 56.6 Å². The van der Waals surface area contributed by atoms with E-state index in [0.29, 0.717) is 9.79 Å². The lowest BCUT2D eigenvalue weighted by atomic mass is 10.2. The molecule has 2 aromatic rings. The third kappa shape index (κ3) is 8.07. The number of carbonyl (C=O) groups excluding carboxylic acids is 2. The Morgan fingerprint density at radius 3 is 1.32 bits per heavy atom. The molecule has 0 aliphatic heterocycles. The van der Waals surface area contributed by atoms with Crippen molar-refractivity contribution in [1.82, 2.24) is 0 Å². The van der Waals surface area contributed by atoms with Gasteiger partial charge in [-0.15, -0.1) is 0 Å². The molecule has 0 spiro atoms. The normalized spacial score (nSPS) is 11.5. The molecule has 200 valence electrons. The summed E-state index contributed by atoms with van der Waals surface area (Å²) in [4.78, 5) is 50.2. The van der Waals surface area contributed by atoms with E-state index in [1.165, 1.54) is 50.5 Å². The van der Waals surface area contributed by atoms with Crippen molar-refractivity contribution in [2.24, 2.45) is 0 Å². The van der Waals surface area contributed by atoms with E-state index in [0.717, 1.165) is 21.6 Å². The SMILES string of the molecule is CN(C(=O)OC(C)(C)C)c1cc(Sc2ccc([N+](=O)[O-])c(N(C)C(=O)OC(C)(C)C)c2)ccc1[N+](=O)[O-]. The molecule has 0 saturated heterocycles. The van der Waals surface area contributed by atoms with Crippen LogP contribution in [0.3, 0.4) is 0 Å². The Labute approximate surface area is 218 Å². The summed E-state index contributed by atoms with van der Waals surface area (Å²) in [7, 11) is 2.73. The largest absolute Gasteiger partial charge is 0.443 e. The van der Waals surface area contributed by atoms with Crippen molar-refractivity contribution in [3.63, 3.8) is 0 Å². The van der Waals surface area contributed by atoms with E-state index in [2.05, 4.69) is 0 Å². The van der Waals surface area contributed by atoms with Gasteiger partial charge in [0.2, 0.25) is 0 Å². The van der Waals surface area contributed by atoms with Gasteiger partial charge in [0, 0.05) is 36.0 Å². The highest BCUT2D eigenvalue weighted by atomic mass is 32.2. The molecule has 0 heterocycles. The molecule has 0 radical (unpaired) electrons. The maximum absolute atomic E-state index is 12.5. The number of carbonyl (C=O) groups is 2. The molecule has 0 atom stereocenters. The lowest BCUT2D eigenvalue weighted by molar-refractivity contribution is -0.384. The number of anilines is 2. The first-order valence-electron chi connectivity index (χ1n) is 11.1. The predicted molar refractivity (Wildman–Crippen MR) is 140 cm³/mol. The highest BCUT2D eigenvalue weighted by molar-refractivity contribution is 7.99. The van der Waals surface area contributed by atoms with Crippen molar-refractivity contribution < 1.29 is 28.9 Å². The number of hydrogen-bond donors (Lipinski definition) is 0. The summed E-state index contributed by atoms with van der Waals surface area (Å²) in [6, 6.07) is 8.41.